The fourth-order valence-electron chi connectivity index (χ4n) is 2.51. The zero-order valence-corrected chi connectivity index (χ0v) is 15.7. The molecule has 7 heteroatoms. The van der Waals surface area contributed by atoms with Crippen LogP contribution in [0.2, 0.25) is 0 Å². The number of ether oxygens (including phenoxy) is 2. The molecule has 0 radical (unpaired) electrons. The normalized spacial score (nSPS) is 10.1. The molecule has 1 N–H and O–H groups in total. The van der Waals surface area contributed by atoms with Crippen LogP contribution >= 0.6 is 0 Å². The van der Waals surface area contributed by atoms with E-state index in [9.17, 15) is 14.4 Å². The predicted molar refractivity (Wildman–Crippen MR) is 103 cm³/mol. The summed E-state index contributed by atoms with van der Waals surface area (Å²) in [6.45, 7) is 2.65. The van der Waals surface area contributed by atoms with Crippen molar-refractivity contribution in [3.63, 3.8) is 0 Å². The number of benzene rings is 2. The van der Waals surface area contributed by atoms with Crippen LogP contribution in [0.1, 0.15) is 24.2 Å². The molecule has 0 fully saturated rings. The molecule has 27 heavy (non-hydrogen) atoms. The number of rotatable bonds is 7. The van der Waals surface area contributed by atoms with Gasteiger partial charge in [0.15, 0.2) is 5.78 Å². The number of Topliss-reactive ketones (excluding diaryl/α,β-unsaturated/α-hetero) is 1. The van der Waals surface area contributed by atoms with Gasteiger partial charge in [-0.25, -0.2) is 0 Å². The van der Waals surface area contributed by atoms with Gasteiger partial charge in [0, 0.05) is 24.2 Å². The highest BCUT2D eigenvalue weighted by molar-refractivity contribution is 6.02. The summed E-state index contributed by atoms with van der Waals surface area (Å²) in [6, 6.07) is 11.5. The first-order valence-electron chi connectivity index (χ1n) is 8.26. The molecule has 0 atom stereocenters. The predicted octanol–water partition coefficient (Wildman–Crippen LogP) is 2.90. The van der Waals surface area contributed by atoms with Crippen LogP contribution in [-0.4, -0.2) is 38.4 Å². The van der Waals surface area contributed by atoms with E-state index >= 15 is 0 Å². The van der Waals surface area contributed by atoms with Gasteiger partial charge in [-0.3, -0.25) is 14.4 Å². The minimum absolute atomic E-state index is 0.0706. The highest BCUT2D eigenvalue weighted by Gasteiger charge is 2.17. The Morgan fingerprint density at radius 1 is 0.963 bits per heavy atom. The number of hydrogen-bond acceptors (Lipinski definition) is 5. The van der Waals surface area contributed by atoms with Crippen molar-refractivity contribution in [1.82, 2.24) is 0 Å². The van der Waals surface area contributed by atoms with Crippen molar-refractivity contribution in [2.45, 2.75) is 13.8 Å². The quantitative estimate of drug-likeness (QED) is 0.758. The zero-order valence-electron chi connectivity index (χ0n) is 15.7. The molecule has 142 valence electrons. The first kappa shape index (κ1) is 20.0. The summed E-state index contributed by atoms with van der Waals surface area (Å²) in [6.07, 6.45) is 0. The van der Waals surface area contributed by atoms with Crippen LogP contribution in [0.3, 0.4) is 0 Å². The van der Waals surface area contributed by atoms with Crippen molar-refractivity contribution in [3.05, 3.63) is 48.0 Å². The molecule has 0 bridgehead atoms. The summed E-state index contributed by atoms with van der Waals surface area (Å²) in [7, 11) is 3.02. The largest absolute Gasteiger partial charge is 0.497 e. The third kappa shape index (κ3) is 5.07. The molecular formula is C20H22N2O5. The Bertz CT molecular complexity index is 846. The summed E-state index contributed by atoms with van der Waals surface area (Å²) >= 11 is 0. The molecule has 0 aliphatic carbocycles. The lowest BCUT2D eigenvalue weighted by Gasteiger charge is -2.21. The summed E-state index contributed by atoms with van der Waals surface area (Å²) in [5.41, 5.74) is 1.50. The van der Waals surface area contributed by atoms with Gasteiger partial charge in [0.25, 0.3) is 0 Å². The third-order valence-electron chi connectivity index (χ3n) is 3.95. The Kier molecular flexibility index (Phi) is 6.54. The van der Waals surface area contributed by atoms with E-state index in [4.69, 9.17) is 9.47 Å². The van der Waals surface area contributed by atoms with Crippen LogP contribution in [0.5, 0.6) is 11.5 Å². The maximum Gasteiger partial charge on any atom is 0.244 e. The number of methoxy groups -OCH3 is 2. The van der Waals surface area contributed by atoms with Crippen molar-refractivity contribution < 1.29 is 23.9 Å². The minimum atomic E-state index is -0.396. The van der Waals surface area contributed by atoms with E-state index in [1.54, 1.807) is 42.5 Å². The van der Waals surface area contributed by atoms with Crippen LogP contribution in [-0.2, 0) is 9.59 Å². The number of amides is 2. The van der Waals surface area contributed by atoms with E-state index < -0.39 is 5.91 Å². The molecule has 0 heterocycles. The number of carbonyl (C=O) groups excluding carboxylic acids is 3. The van der Waals surface area contributed by atoms with E-state index in [1.165, 1.54) is 33.0 Å². The van der Waals surface area contributed by atoms with Gasteiger partial charge in [0.2, 0.25) is 11.8 Å². The van der Waals surface area contributed by atoms with E-state index in [0.29, 0.717) is 28.4 Å². The van der Waals surface area contributed by atoms with Crippen LogP contribution in [0.4, 0.5) is 11.4 Å². The number of nitrogens with one attached hydrogen (secondary N) is 1. The Labute approximate surface area is 157 Å². The van der Waals surface area contributed by atoms with Crippen LogP contribution < -0.4 is 19.7 Å². The van der Waals surface area contributed by atoms with Crippen LogP contribution in [0, 0.1) is 0 Å². The summed E-state index contributed by atoms with van der Waals surface area (Å²) in [5, 5.41) is 2.73. The fourth-order valence-corrected chi connectivity index (χ4v) is 2.51. The lowest BCUT2D eigenvalue weighted by atomic mass is 10.1. The first-order valence-corrected chi connectivity index (χ1v) is 8.26. The maximum atomic E-state index is 12.5. The second-order valence-corrected chi connectivity index (χ2v) is 5.82. The van der Waals surface area contributed by atoms with Gasteiger partial charge < -0.3 is 19.7 Å². The lowest BCUT2D eigenvalue weighted by Crippen LogP contribution is -2.36. The van der Waals surface area contributed by atoms with Crippen molar-refractivity contribution in [2.24, 2.45) is 0 Å². The van der Waals surface area contributed by atoms with Crippen LogP contribution in [0.15, 0.2) is 42.5 Å². The molecule has 0 spiro atoms. The Morgan fingerprint density at radius 2 is 1.63 bits per heavy atom. The highest BCUT2D eigenvalue weighted by Crippen LogP contribution is 2.29. The van der Waals surface area contributed by atoms with Gasteiger partial charge in [-0.05, 0) is 43.3 Å². The SMILES string of the molecule is COc1ccc(OC)c(NC(=O)CN(C(C)=O)c2ccc(C(C)=O)cc2)c1. The number of anilines is 2. The smallest absolute Gasteiger partial charge is 0.244 e. The van der Waals surface area contributed by atoms with Crippen LogP contribution in [0.25, 0.3) is 0 Å². The number of carbonyl (C=O) groups is 3. The molecule has 2 aromatic carbocycles. The Hall–Kier alpha value is -3.35. The molecule has 0 aliphatic rings. The second kappa shape index (κ2) is 8.84. The topological polar surface area (TPSA) is 84.9 Å². The monoisotopic (exact) mass is 370 g/mol. The summed E-state index contributed by atoms with van der Waals surface area (Å²) in [5.74, 6) is 0.281. The molecular weight excluding hydrogens is 348 g/mol. The molecule has 2 amide bonds. The van der Waals surface area contributed by atoms with Gasteiger partial charge in [0.05, 0.1) is 19.9 Å². The number of hydrogen-bond donors (Lipinski definition) is 1. The van der Waals surface area contributed by atoms with Crippen molar-refractivity contribution in [1.29, 1.82) is 0 Å². The van der Waals surface area contributed by atoms with E-state index in [-0.39, 0.29) is 18.2 Å². The third-order valence-corrected chi connectivity index (χ3v) is 3.95. The molecule has 2 rings (SSSR count). The molecule has 7 nitrogen and oxygen atoms in total. The Balaban J connectivity index is 2.18. The second-order valence-electron chi connectivity index (χ2n) is 5.82. The van der Waals surface area contributed by atoms with E-state index in [1.807, 2.05) is 0 Å². The highest BCUT2D eigenvalue weighted by atomic mass is 16.5. The molecule has 0 aliphatic heterocycles. The van der Waals surface area contributed by atoms with E-state index in [0.717, 1.165) is 0 Å². The summed E-state index contributed by atoms with van der Waals surface area (Å²) in [4.78, 5) is 37.2. The van der Waals surface area contributed by atoms with Gasteiger partial charge >= 0.3 is 0 Å². The minimum Gasteiger partial charge on any atom is -0.497 e. The molecule has 0 unspecified atom stereocenters. The average molecular weight is 370 g/mol. The van der Waals surface area contributed by atoms with E-state index in [2.05, 4.69) is 5.32 Å². The van der Waals surface area contributed by atoms with Crippen molar-refractivity contribution >= 4 is 29.0 Å². The fraction of sp³-hybridized carbons (Fsp3) is 0.250. The van der Waals surface area contributed by atoms with Gasteiger partial charge in [-0.15, -0.1) is 0 Å². The number of nitrogens with zero attached hydrogens (tertiary/aromatic N) is 1. The lowest BCUT2D eigenvalue weighted by molar-refractivity contribution is -0.120. The maximum absolute atomic E-state index is 12.5. The van der Waals surface area contributed by atoms with Crippen molar-refractivity contribution in [2.75, 3.05) is 31.0 Å². The summed E-state index contributed by atoms with van der Waals surface area (Å²) < 4.78 is 10.4. The first-order chi connectivity index (χ1) is 12.8. The molecule has 0 aromatic heterocycles. The standard InChI is InChI=1S/C20H22N2O5/c1-13(23)15-5-7-16(8-6-15)22(14(2)24)12-20(25)21-18-11-17(26-3)9-10-19(18)27-4/h5-11H,12H2,1-4H3,(H,21,25). The van der Waals surface area contributed by atoms with Gasteiger partial charge in [-0.2, -0.15) is 0 Å². The molecule has 2 aromatic rings. The molecule has 0 saturated carbocycles. The van der Waals surface area contributed by atoms with Gasteiger partial charge in [-0.1, -0.05) is 0 Å². The zero-order chi connectivity index (χ0) is 20.0. The molecule has 0 saturated heterocycles. The van der Waals surface area contributed by atoms with Gasteiger partial charge in [0.1, 0.15) is 18.0 Å². The van der Waals surface area contributed by atoms with Crippen molar-refractivity contribution in [3.8, 4) is 11.5 Å². The average Bonchev–Trinajstić information content (AvgIpc) is 2.65. The Morgan fingerprint density at radius 3 is 2.15 bits per heavy atom. The number of ketones is 1.